The van der Waals surface area contributed by atoms with Crippen molar-refractivity contribution in [2.24, 2.45) is 0 Å². The highest BCUT2D eigenvalue weighted by Crippen LogP contribution is 2.37. The minimum Gasteiger partial charge on any atom is -0.370 e. The van der Waals surface area contributed by atoms with Crippen molar-refractivity contribution >= 4 is 0 Å². The van der Waals surface area contributed by atoms with Gasteiger partial charge in [0.15, 0.2) is 0 Å². The zero-order valence-electron chi connectivity index (χ0n) is 8.96. The first kappa shape index (κ1) is 8.93. The molecule has 0 aliphatic carbocycles. The molecule has 0 spiro atoms. The van der Waals surface area contributed by atoms with Crippen LogP contribution in [0.4, 0.5) is 0 Å². The number of ether oxygens (including phenoxy) is 1. The van der Waals surface area contributed by atoms with Crippen molar-refractivity contribution < 1.29 is 4.74 Å². The van der Waals surface area contributed by atoms with Crippen molar-refractivity contribution in [3.8, 4) is 0 Å². The molecular formula is C11H19N3O. The summed E-state index contributed by atoms with van der Waals surface area (Å²) in [6.07, 6.45) is 3.85. The second-order valence-electron chi connectivity index (χ2n) is 5.58. The number of piperazine rings is 1. The van der Waals surface area contributed by atoms with E-state index in [0.717, 1.165) is 25.7 Å². The van der Waals surface area contributed by atoms with Crippen LogP contribution in [0.25, 0.3) is 0 Å². The average molecular weight is 209 g/mol. The largest absolute Gasteiger partial charge is 0.370 e. The molecule has 6 aliphatic heterocycles. The molecule has 0 saturated carbocycles. The monoisotopic (exact) mass is 209 g/mol. The van der Waals surface area contributed by atoms with Crippen LogP contribution in [0.5, 0.6) is 0 Å². The molecule has 4 nitrogen and oxygen atoms in total. The van der Waals surface area contributed by atoms with Gasteiger partial charge < -0.3 is 20.7 Å². The molecule has 5 atom stereocenters. The van der Waals surface area contributed by atoms with E-state index in [-0.39, 0.29) is 5.60 Å². The van der Waals surface area contributed by atoms with E-state index < -0.39 is 0 Å². The fraction of sp³-hybridized carbons (Fsp3) is 1.00. The van der Waals surface area contributed by atoms with E-state index in [0.29, 0.717) is 18.1 Å². The Bertz CT molecular complexity index is 252. The van der Waals surface area contributed by atoms with Crippen LogP contribution < -0.4 is 16.0 Å². The number of nitrogens with one attached hydrogen (secondary N) is 3. The van der Waals surface area contributed by atoms with Crippen molar-refractivity contribution in [2.45, 2.75) is 49.0 Å². The third-order valence-electron chi connectivity index (χ3n) is 4.72. The van der Waals surface area contributed by atoms with Gasteiger partial charge in [-0.2, -0.15) is 0 Å². The molecule has 0 aromatic carbocycles. The lowest BCUT2D eigenvalue weighted by Gasteiger charge is -2.59. The van der Waals surface area contributed by atoms with E-state index in [9.17, 15) is 0 Å². The van der Waals surface area contributed by atoms with Gasteiger partial charge in [-0.1, -0.05) is 0 Å². The molecule has 6 rings (SSSR count). The molecule has 4 bridgehead atoms. The summed E-state index contributed by atoms with van der Waals surface area (Å²) in [6, 6.07) is 2.53. The lowest BCUT2D eigenvalue weighted by atomic mass is 9.72. The van der Waals surface area contributed by atoms with Crippen LogP contribution in [0.1, 0.15) is 19.3 Å². The third kappa shape index (κ3) is 1.16. The molecule has 3 N–H and O–H groups in total. The van der Waals surface area contributed by atoms with E-state index in [2.05, 4.69) is 16.0 Å². The lowest BCUT2D eigenvalue weighted by molar-refractivity contribution is -0.159. The van der Waals surface area contributed by atoms with Gasteiger partial charge in [-0.3, -0.25) is 0 Å². The van der Waals surface area contributed by atoms with Crippen LogP contribution >= 0.6 is 0 Å². The first-order valence-corrected chi connectivity index (χ1v) is 6.22. The number of rotatable bonds is 1. The summed E-state index contributed by atoms with van der Waals surface area (Å²) >= 11 is 0. The topological polar surface area (TPSA) is 45.3 Å². The highest BCUT2D eigenvalue weighted by atomic mass is 16.5. The first-order valence-electron chi connectivity index (χ1n) is 6.22. The Labute approximate surface area is 90.1 Å². The lowest BCUT2D eigenvalue weighted by Crippen LogP contribution is -2.80. The molecule has 84 valence electrons. The van der Waals surface area contributed by atoms with Gasteiger partial charge in [-0.25, -0.2) is 0 Å². The Morgan fingerprint density at radius 1 is 1.20 bits per heavy atom. The van der Waals surface area contributed by atoms with Gasteiger partial charge in [0.05, 0.1) is 18.2 Å². The van der Waals surface area contributed by atoms with Gasteiger partial charge >= 0.3 is 0 Å². The minimum absolute atomic E-state index is 0.0812. The van der Waals surface area contributed by atoms with Crippen LogP contribution in [-0.2, 0) is 4.74 Å². The molecule has 0 aromatic heterocycles. The van der Waals surface area contributed by atoms with Crippen LogP contribution in [0.3, 0.4) is 0 Å². The van der Waals surface area contributed by atoms with E-state index >= 15 is 0 Å². The summed E-state index contributed by atoms with van der Waals surface area (Å²) in [6.45, 7) is 3.07. The first-order chi connectivity index (χ1) is 7.36. The Morgan fingerprint density at radius 3 is 2.67 bits per heavy atom. The quantitative estimate of drug-likeness (QED) is 0.529. The molecule has 15 heavy (non-hydrogen) atoms. The fourth-order valence-electron chi connectivity index (χ4n) is 3.74. The predicted molar refractivity (Wildman–Crippen MR) is 56.8 cm³/mol. The summed E-state index contributed by atoms with van der Waals surface area (Å²) < 4.78 is 6.13. The number of hydrogen-bond donors (Lipinski definition) is 3. The number of morpholine rings is 1. The van der Waals surface area contributed by atoms with Crippen LogP contribution in [0.2, 0.25) is 0 Å². The zero-order chi connectivity index (χ0) is 9.88. The van der Waals surface area contributed by atoms with Crippen LogP contribution in [0, 0.1) is 0 Å². The molecule has 6 heterocycles. The Hall–Kier alpha value is -0.160. The summed E-state index contributed by atoms with van der Waals surface area (Å²) in [4.78, 5) is 0. The van der Waals surface area contributed by atoms with Crippen LogP contribution in [-0.4, -0.2) is 49.5 Å². The maximum absolute atomic E-state index is 6.13. The maximum atomic E-state index is 6.13. The van der Waals surface area contributed by atoms with Crippen molar-refractivity contribution in [2.75, 3.05) is 19.7 Å². The smallest absolute Gasteiger partial charge is 0.0974 e. The highest BCUT2D eigenvalue weighted by molar-refractivity contribution is 5.14. The molecule has 4 heteroatoms. The van der Waals surface area contributed by atoms with Gasteiger partial charge in [-0.05, 0) is 19.3 Å². The number of piperidine rings is 2. The summed E-state index contributed by atoms with van der Waals surface area (Å²) in [7, 11) is 0. The Kier molecular flexibility index (Phi) is 1.75. The summed E-state index contributed by atoms with van der Waals surface area (Å²) in [5, 5.41) is 10.9. The Balaban J connectivity index is 1.59. The highest BCUT2D eigenvalue weighted by Gasteiger charge is 2.54. The molecule has 0 radical (unpaired) electrons. The molecular weight excluding hydrogens is 190 g/mol. The summed E-state index contributed by atoms with van der Waals surface area (Å²) in [5.41, 5.74) is 0.0812. The van der Waals surface area contributed by atoms with Crippen LogP contribution in [0.15, 0.2) is 0 Å². The standard InChI is InChI=1S/C11H19N3O/c1-2-11(6-13-7(1)5-15-11)10-9-3-8(14-9)4-12-10/h7-10,12-14H,1-6H2. The van der Waals surface area contributed by atoms with Crippen molar-refractivity contribution in [3.05, 3.63) is 0 Å². The van der Waals surface area contributed by atoms with Gasteiger partial charge in [0.25, 0.3) is 0 Å². The minimum atomic E-state index is 0.0812. The van der Waals surface area contributed by atoms with E-state index in [1.165, 1.54) is 19.3 Å². The van der Waals surface area contributed by atoms with Gasteiger partial charge in [0.1, 0.15) is 0 Å². The van der Waals surface area contributed by atoms with E-state index in [1.807, 2.05) is 0 Å². The predicted octanol–water partition coefficient (Wildman–Crippen LogP) is -0.790. The molecule has 5 unspecified atom stereocenters. The van der Waals surface area contributed by atoms with Crippen molar-refractivity contribution in [3.63, 3.8) is 0 Å². The fourth-order valence-corrected chi connectivity index (χ4v) is 3.74. The Morgan fingerprint density at radius 2 is 2.13 bits per heavy atom. The number of hydrogen-bond acceptors (Lipinski definition) is 4. The van der Waals surface area contributed by atoms with Gasteiger partial charge in [0.2, 0.25) is 0 Å². The zero-order valence-corrected chi connectivity index (χ0v) is 8.96. The molecule has 6 saturated heterocycles. The SMILES string of the molecule is C1CC2(C3NCC4CC3N4)CNC1CO2. The molecule has 0 amide bonds. The maximum Gasteiger partial charge on any atom is 0.0974 e. The third-order valence-corrected chi connectivity index (χ3v) is 4.72. The summed E-state index contributed by atoms with van der Waals surface area (Å²) in [5.74, 6) is 0. The molecule has 6 fully saturated rings. The van der Waals surface area contributed by atoms with E-state index in [1.54, 1.807) is 0 Å². The van der Waals surface area contributed by atoms with Gasteiger partial charge in [0, 0.05) is 31.2 Å². The van der Waals surface area contributed by atoms with Gasteiger partial charge in [-0.15, -0.1) is 0 Å². The molecule has 6 aliphatic rings. The normalized spacial score (nSPS) is 57.6. The van der Waals surface area contributed by atoms with E-state index in [4.69, 9.17) is 4.74 Å². The molecule has 0 aromatic rings. The number of fused-ring (bicyclic) bond motifs is 5. The average Bonchev–Trinajstić information content (AvgIpc) is 2.31. The van der Waals surface area contributed by atoms with Crippen molar-refractivity contribution in [1.29, 1.82) is 0 Å². The van der Waals surface area contributed by atoms with Crippen molar-refractivity contribution in [1.82, 2.24) is 16.0 Å². The second-order valence-corrected chi connectivity index (χ2v) is 5.58. The second kappa shape index (κ2) is 2.94.